The fourth-order valence-corrected chi connectivity index (χ4v) is 2.56. The lowest BCUT2D eigenvalue weighted by Crippen LogP contribution is -2.38. The molecule has 0 fully saturated rings. The normalized spacial score (nSPS) is 10.8. The Labute approximate surface area is 168 Å². The lowest BCUT2D eigenvalue weighted by Gasteiger charge is -2.13. The second-order valence-electron chi connectivity index (χ2n) is 5.88. The Morgan fingerprint density at radius 1 is 1.04 bits per heavy atom. The second-order valence-corrected chi connectivity index (χ2v) is 5.88. The van der Waals surface area contributed by atoms with Crippen LogP contribution in [0, 0.1) is 13.8 Å². The number of nitrogens with one attached hydrogen (secondary N) is 2. The number of halogens is 1. The number of hydrogen-bond donors (Lipinski definition) is 2. The summed E-state index contributed by atoms with van der Waals surface area (Å²) in [6.45, 7) is 5.86. The molecular weight excluding hydrogens is 425 g/mol. The van der Waals surface area contributed by atoms with Crippen LogP contribution in [0.25, 0.3) is 0 Å². The van der Waals surface area contributed by atoms with Gasteiger partial charge >= 0.3 is 0 Å². The molecule has 0 bridgehead atoms. The molecule has 0 saturated carbocycles. The first-order valence-electron chi connectivity index (χ1n) is 8.26. The standard InChI is InChI=1S/C20H27N3O.HI/c1-15-5-8-18(16(2)13-15)14-23-20(21-3)22-12-11-17-6-9-19(24-4)10-7-17;/h5-10,13H,11-12,14H2,1-4H3,(H2,21,22,23);1H. The van der Waals surface area contributed by atoms with Crippen LogP contribution >= 0.6 is 24.0 Å². The molecule has 25 heavy (non-hydrogen) atoms. The molecule has 2 aromatic carbocycles. The molecule has 136 valence electrons. The number of nitrogens with zero attached hydrogens (tertiary/aromatic N) is 1. The van der Waals surface area contributed by atoms with E-state index in [4.69, 9.17) is 4.74 Å². The number of rotatable bonds is 6. The highest BCUT2D eigenvalue weighted by atomic mass is 127. The average molecular weight is 453 g/mol. The van der Waals surface area contributed by atoms with Gasteiger partial charge in [-0.05, 0) is 49.1 Å². The number of methoxy groups -OCH3 is 1. The predicted octanol–water partition coefficient (Wildman–Crippen LogP) is 3.84. The molecule has 0 radical (unpaired) electrons. The summed E-state index contributed by atoms with van der Waals surface area (Å²) in [5, 5.41) is 6.72. The van der Waals surface area contributed by atoms with Gasteiger partial charge in [-0.25, -0.2) is 0 Å². The van der Waals surface area contributed by atoms with E-state index >= 15 is 0 Å². The zero-order chi connectivity index (χ0) is 17.4. The summed E-state index contributed by atoms with van der Waals surface area (Å²) in [7, 11) is 3.48. The highest BCUT2D eigenvalue weighted by Crippen LogP contribution is 2.11. The third-order valence-electron chi connectivity index (χ3n) is 4.03. The molecule has 4 nitrogen and oxygen atoms in total. The van der Waals surface area contributed by atoms with E-state index in [0.717, 1.165) is 31.2 Å². The van der Waals surface area contributed by atoms with Crippen LogP contribution in [0.1, 0.15) is 22.3 Å². The molecule has 0 aromatic heterocycles. The fraction of sp³-hybridized carbons (Fsp3) is 0.350. The van der Waals surface area contributed by atoms with E-state index in [0.29, 0.717) is 0 Å². The van der Waals surface area contributed by atoms with Crippen molar-refractivity contribution >= 4 is 29.9 Å². The smallest absolute Gasteiger partial charge is 0.191 e. The first-order chi connectivity index (χ1) is 11.6. The summed E-state index contributed by atoms with van der Waals surface area (Å²) in [6.07, 6.45) is 0.939. The molecule has 0 aliphatic carbocycles. The predicted molar refractivity (Wildman–Crippen MR) is 116 cm³/mol. The van der Waals surface area contributed by atoms with Gasteiger partial charge in [0.2, 0.25) is 0 Å². The molecule has 2 N–H and O–H groups in total. The molecule has 0 aliphatic rings. The van der Waals surface area contributed by atoms with Gasteiger partial charge in [-0.1, -0.05) is 35.9 Å². The molecule has 0 saturated heterocycles. The third kappa shape index (κ3) is 6.94. The summed E-state index contributed by atoms with van der Waals surface area (Å²) in [4.78, 5) is 4.28. The molecule has 2 aromatic rings. The van der Waals surface area contributed by atoms with Crippen molar-refractivity contribution in [1.29, 1.82) is 0 Å². The highest BCUT2D eigenvalue weighted by molar-refractivity contribution is 14.0. The fourth-order valence-electron chi connectivity index (χ4n) is 2.56. The molecule has 0 aliphatic heterocycles. The van der Waals surface area contributed by atoms with Gasteiger partial charge in [0.05, 0.1) is 7.11 Å². The monoisotopic (exact) mass is 453 g/mol. The van der Waals surface area contributed by atoms with Crippen molar-refractivity contribution in [3.8, 4) is 5.75 Å². The number of aliphatic imine (C=N–C) groups is 1. The molecule has 0 heterocycles. The van der Waals surface area contributed by atoms with Crippen molar-refractivity contribution in [2.75, 3.05) is 20.7 Å². The summed E-state index contributed by atoms with van der Waals surface area (Å²) >= 11 is 0. The van der Waals surface area contributed by atoms with Gasteiger partial charge in [-0.15, -0.1) is 24.0 Å². The Hall–Kier alpha value is -1.76. The topological polar surface area (TPSA) is 45.7 Å². The molecule has 0 amide bonds. The van der Waals surface area contributed by atoms with E-state index in [1.165, 1.54) is 22.3 Å². The van der Waals surface area contributed by atoms with Crippen LogP contribution in [0.5, 0.6) is 5.75 Å². The Morgan fingerprint density at radius 2 is 1.76 bits per heavy atom. The van der Waals surface area contributed by atoms with Crippen molar-refractivity contribution in [3.05, 3.63) is 64.7 Å². The van der Waals surface area contributed by atoms with Gasteiger partial charge in [0.15, 0.2) is 5.96 Å². The quantitative estimate of drug-likeness (QED) is 0.397. The number of hydrogen-bond acceptors (Lipinski definition) is 2. The number of aryl methyl sites for hydroxylation is 2. The van der Waals surface area contributed by atoms with Gasteiger partial charge in [0, 0.05) is 20.1 Å². The van der Waals surface area contributed by atoms with E-state index in [-0.39, 0.29) is 24.0 Å². The molecule has 0 spiro atoms. The summed E-state index contributed by atoms with van der Waals surface area (Å²) in [5.41, 5.74) is 5.15. The van der Waals surface area contributed by atoms with Crippen LogP contribution in [0.4, 0.5) is 0 Å². The maximum Gasteiger partial charge on any atom is 0.191 e. The van der Waals surface area contributed by atoms with E-state index in [2.05, 4.69) is 59.8 Å². The first-order valence-corrected chi connectivity index (χ1v) is 8.26. The molecule has 5 heteroatoms. The highest BCUT2D eigenvalue weighted by Gasteiger charge is 2.02. The van der Waals surface area contributed by atoms with Crippen molar-refractivity contribution in [2.45, 2.75) is 26.8 Å². The van der Waals surface area contributed by atoms with Crippen LogP contribution in [0.3, 0.4) is 0 Å². The van der Waals surface area contributed by atoms with Gasteiger partial charge in [0.1, 0.15) is 5.75 Å². The Morgan fingerprint density at radius 3 is 2.36 bits per heavy atom. The Balaban J connectivity index is 0.00000312. The SMILES string of the molecule is CN=C(NCCc1ccc(OC)cc1)NCc1ccc(C)cc1C.I. The van der Waals surface area contributed by atoms with Gasteiger partial charge < -0.3 is 15.4 Å². The number of ether oxygens (including phenoxy) is 1. The van der Waals surface area contributed by atoms with E-state index in [1.54, 1.807) is 14.2 Å². The first kappa shape index (κ1) is 21.3. The van der Waals surface area contributed by atoms with Crippen molar-refractivity contribution < 1.29 is 4.74 Å². The van der Waals surface area contributed by atoms with Crippen LogP contribution in [-0.2, 0) is 13.0 Å². The summed E-state index contributed by atoms with van der Waals surface area (Å²) < 4.78 is 5.18. The molecular formula is C20H28IN3O. The van der Waals surface area contributed by atoms with Crippen molar-refractivity contribution in [3.63, 3.8) is 0 Å². The molecule has 0 atom stereocenters. The van der Waals surface area contributed by atoms with Crippen LogP contribution in [0.15, 0.2) is 47.5 Å². The number of benzene rings is 2. The summed E-state index contributed by atoms with van der Waals surface area (Å²) in [6, 6.07) is 14.7. The van der Waals surface area contributed by atoms with Gasteiger partial charge in [0.25, 0.3) is 0 Å². The summed E-state index contributed by atoms with van der Waals surface area (Å²) in [5.74, 6) is 1.71. The minimum absolute atomic E-state index is 0. The third-order valence-corrected chi connectivity index (χ3v) is 4.03. The van der Waals surface area contributed by atoms with E-state index < -0.39 is 0 Å². The second kappa shape index (κ2) is 11.0. The molecule has 2 rings (SSSR count). The average Bonchev–Trinajstić information content (AvgIpc) is 2.59. The lowest BCUT2D eigenvalue weighted by atomic mass is 10.1. The van der Waals surface area contributed by atoms with Gasteiger partial charge in [-0.3, -0.25) is 4.99 Å². The van der Waals surface area contributed by atoms with Crippen molar-refractivity contribution in [1.82, 2.24) is 10.6 Å². The minimum atomic E-state index is 0. The lowest BCUT2D eigenvalue weighted by molar-refractivity contribution is 0.414. The largest absolute Gasteiger partial charge is 0.497 e. The Kier molecular flexibility index (Phi) is 9.34. The maximum absolute atomic E-state index is 5.18. The van der Waals surface area contributed by atoms with Gasteiger partial charge in [-0.2, -0.15) is 0 Å². The Bertz CT molecular complexity index is 684. The zero-order valence-corrected chi connectivity index (χ0v) is 17.8. The van der Waals surface area contributed by atoms with E-state index in [9.17, 15) is 0 Å². The maximum atomic E-state index is 5.18. The zero-order valence-electron chi connectivity index (χ0n) is 15.4. The number of guanidine groups is 1. The van der Waals surface area contributed by atoms with Crippen LogP contribution < -0.4 is 15.4 Å². The van der Waals surface area contributed by atoms with Crippen molar-refractivity contribution in [2.24, 2.45) is 4.99 Å². The van der Waals surface area contributed by atoms with E-state index in [1.807, 2.05) is 12.1 Å². The minimum Gasteiger partial charge on any atom is -0.497 e. The molecule has 0 unspecified atom stereocenters. The van der Waals surface area contributed by atoms with Crippen LogP contribution in [0.2, 0.25) is 0 Å². The van der Waals surface area contributed by atoms with Crippen LogP contribution in [-0.4, -0.2) is 26.7 Å².